The fourth-order valence-corrected chi connectivity index (χ4v) is 9.54. The van der Waals surface area contributed by atoms with Crippen LogP contribution in [0.25, 0.3) is 0 Å². The summed E-state index contributed by atoms with van der Waals surface area (Å²) in [6, 6.07) is 5.83. The molecule has 10 nitrogen and oxygen atoms in total. The molecule has 1 aromatic carbocycles. The van der Waals surface area contributed by atoms with Crippen LogP contribution in [-0.4, -0.2) is 82.6 Å². The molecular weight excluding hydrogens is 606 g/mol. The molecule has 3 aliphatic heterocycles. The Balaban J connectivity index is 1.03. The first-order valence-electron chi connectivity index (χ1n) is 16.3. The number of pyridine rings is 1. The van der Waals surface area contributed by atoms with Crippen molar-refractivity contribution < 1.29 is 23.2 Å². The number of nitrogens with zero attached hydrogens (tertiary/aromatic N) is 5. The van der Waals surface area contributed by atoms with E-state index in [0.29, 0.717) is 36.7 Å². The third-order valence-electron chi connectivity index (χ3n) is 10.0. The molecule has 3 aromatic rings. The second-order valence-corrected chi connectivity index (χ2v) is 17.4. The van der Waals surface area contributed by atoms with Crippen molar-refractivity contribution in [3.8, 4) is 17.2 Å². The topological polar surface area (TPSA) is 110 Å². The van der Waals surface area contributed by atoms with Crippen molar-refractivity contribution in [3.63, 3.8) is 0 Å². The van der Waals surface area contributed by atoms with E-state index in [1.807, 2.05) is 32.8 Å². The maximum Gasteiger partial charge on any atom is 0.258 e. The normalized spacial score (nSPS) is 23.8. The Morgan fingerprint density at radius 2 is 1.91 bits per heavy atom. The summed E-state index contributed by atoms with van der Waals surface area (Å²) in [4.78, 5) is 31.3. The Kier molecular flexibility index (Phi) is 8.26. The van der Waals surface area contributed by atoms with Crippen LogP contribution in [0.3, 0.4) is 0 Å². The van der Waals surface area contributed by atoms with Crippen LogP contribution < -0.4 is 19.7 Å². The molecule has 1 N–H and O–H groups in total. The molecule has 1 aliphatic carbocycles. The van der Waals surface area contributed by atoms with Gasteiger partial charge in [0.2, 0.25) is 0 Å². The highest BCUT2D eigenvalue weighted by Gasteiger charge is 2.54. The molecule has 0 atom stereocenters. The average molecular weight is 649 g/mol. The van der Waals surface area contributed by atoms with Crippen molar-refractivity contribution in [1.29, 1.82) is 0 Å². The molecule has 7 rings (SSSR count). The van der Waals surface area contributed by atoms with Gasteiger partial charge in [0.1, 0.15) is 29.7 Å². The van der Waals surface area contributed by atoms with Gasteiger partial charge in [-0.3, -0.25) is 9.78 Å². The molecule has 244 valence electrons. The van der Waals surface area contributed by atoms with Gasteiger partial charge in [-0.2, -0.15) is 0 Å². The van der Waals surface area contributed by atoms with E-state index in [0.717, 1.165) is 56.9 Å². The number of hydrogen-bond acceptors (Lipinski definition) is 9. The van der Waals surface area contributed by atoms with Gasteiger partial charge in [0.05, 0.1) is 18.9 Å². The third-order valence-corrected chi connectivity index (χ3v) is 12.4. The summed E-state index contributed by atoms with van der Waals surface area (Å²) >= 11 is 0. The third kappa shape index (κ3) is 6.11. The Hall–Kier alpha value is -3.56. The number of anilines is 1. The molecule has 4 aliphatic rings. The van der Waals surface area contributed by atoms with Crippen LogP contribution in [0, 0.1) is 11.2 Å². The second-order valence-electron chi connectivity index (χ2n) is 13.9. The highest BCUT2D eigenvalue weighted by atomic mass is 31.2. The lowest BCUT2D eigenvalue weighted by Gasteiger charge is -2.59. The standard InChI is InChI=1S/C34H42FN6O4P/c1-22(2)41(24-8-12-46(3,43)13-9-24)33(42)26-14-23(35)4-5-29(26)45-31-18-37-21-39-32(31)40-19-34(20-40)15-25(16-34)44-30-7-11-38-28-6-10-36-17-27(28)30/h4-5,7,11,14,18,21-22,24-25,36H,6,8-10,12-13,15-17,19-20H2,1-3H3. The molecule has 5 heterocycles. The van der Waals surface area contributed by atoms with Crippen LogP contribution in [0.1, 0.15) is 61.1 Å². The van der Waals surface area contributed by atoms with Gasteiger partial charge in [-0.15, -0.1) is 0 Å². The number of nitrogens with one attached hydrogen (secondary N) is 1. The molecule has 2 saturated heterocycles. The second kappa shape index (κ2) is 12.2. The predicted octanol–water partition coefficient (Wildman–Crippen LogP) is 5.50. The van der Waals surface area contributed by atoms with Gasteiger partial charge in [-0.25, -0.2) is 14.4 Å². The Morgan fingerprint density at radius 1 is 1.13 bits per heavy atom. The van der Waals surface area contributed by atoms with Gasteiger partial charge in [0, 0.05) is 79.9 Å². The zero-order valence-electron chi connectivity index (χ0n) is 26.7. The minimum absolute atomic E-state index is 0.0607. The largest absolute Gasteiger partial charge is 0.490 e. The minimum Gasteiger partial charge on any atom is -0.490 e. The fraction of sp³-hybridized carbons (Fsp3) is 0.529. The number of hydrogen-bond donors (Lipinski definition) is 1. The van der Waals surface area contributed by atoms with Crippen molar-refractivity contribution in [2.75, 3.05) is 43.5 Å². The van der Waals surface area contributed by atoms with Gasteiger partial charge in [-0.1, -0.05) is 0 Å². The smallest absolute Gasteiger partial charge is 0.258 e. The first kappa shape index (κ1) is 31.1. The Morgan fingerprint density at radius 3 is 2.67 bits per heavy atom. The summed E-state index contributed by atoms with van der Waals surface area (Å²) < 4.78 is 40.0. The number of halogens is 1. The molecule has 12 heteroatoms. The van der Waals surface area contributed by atoms with E-state index in [-0.39, 0.29) is 40.8 Å². The van der Waals surface area contributed by atoms with Crippen LogP contribution in [0.4, 0.5) is 10.2 Å². The quantitative estimate of drug-likeness (QED) is 0.317. The number of fused-ring (bicyclic) bond motifs is 1. The Labute approximate surface area is 269 Å². The van der Waals surface area contributed by atoms with Crippen LogP contribution in [-0.2, 0) is 17.5 Å². The number of benzene rings is 1. The summed E-state index contributed by atoms with van der Waals surface area (Å²) in [5.41, 5.74) is 2.62. The molecule has 1 amide bonds. The maximum atomic E-state index is 14.6. The highest BCUT2D eigenvalue weighted by Crippen LogP contribution is 2.52. The van der Waals surface area contributed by atoms with Crippen molar-refractivity contribution in [2.45, 2.75) is 70.7 Å². The molecule has 3 fully saturated rings. The number of ether oxygens (including phenoxy) is 2. The first-order chi connectivity index (χ1) is 22.1. The summed E-state index contributed by atoms with van der Waals surface area (Å²) in [5, 5.41) is 3.42. The number of carbonyl (C=O) groups excluding carboxylic acids is 1. The van der Waals surface area contributed by atoms with E-state index in [2.05, 4.69) is 25.2 Å². The number of carbonyl (C=O) groups is 1. The predicted molar refractivity (Wildman–Crippen MR) is 174 cm³/mol. The number of amides is 1. The minimum atomic E-state index is -2.16. The lowest BCUT2D eigenvalue weighted by molar-refractivity contribution is -0.0349. The summed E-state index contributed by atoms with van der Waals surface area (Å²) in [7, 11) is -2.16. The van der Waals surface area contributed by atoms with Crippen molar-refractivity contribution in [2.24, 2.45) is 5.41 Å². The van der Waals surface area contributed by atoms with E-state index in [4.69, 9.17) is 9.47 Å². The average Bonchev–Trinajstić information content (AvgIpc) is 3.00. The van der Waals surface area contributed by atoms with Crippen LogP contribution in [0.15, 0.2) is 43.0 Å². The SMILES string of the molecule is CC(C)N(C(=O)c1cc(F)ccc1Oc1cncnc1N1CC2(CC(Oc3ccnc4c3CNCC4)C2)C1)C1CCP(C)(=O)CC1. The first-order valence-corrected chi connectivity index (χ1v) is 18.9. The van der Waals surface area contributed by atoms with Crippen LogP contribution in [0.2, 0.25) is 0 Å². The van der Waals surface area contributed by atoms with Gasteiger partial charge < -0.3 is 29.2 Å². The zero-order chi connectivity index (χ0) is 32.1. The van der Waals surface area contributed by atoms with Gasteiger partial charge in [-0.05, 0) is 70.5 Å². The lowest BCUT2D eigenvalue weighted by Crippen LogP contribution is -2.65. The molecular formula is C34H42FN6O4P. The van der Waals surface area contributed by atoms with Crippen molar-refractivity contribution in [1.82, 2.24) is 25.2 Å². The molecule has 0 unspecified atom stereocenters. The summed E-state index contributed by atoms with van der Waals surface area (Å²) in [5.74, 6) is 1.45. The number of aromatic nitrogens is 3. The highest BCUT2D eigenvalue weighted by molar-refractivity contribution is 7.63. The van der Waals surface area contributed by atoms with Crippen molar-refractivity contribution >= 4 is 18.9 Å². The van der Waals surface area contributed by atoms with Crippen molar-refractivity contribution in [3.05, 3.63) is 65.6 Å². The van der Waals surface area contributed by atoms with E-state index in [9.17, 15) is 13.8 Å². The van der Waals surface area contributed by atoms with E-state index < -0.39 is 13.0 Å². The van der Waals surface area contributed by atoms with Gasteiger partial charge in [0.25, 0.3) is 5.91 Å². The molecule has 1 spiro atoms. The van der Waals surface area contributed by atoms with Crippen LogP contribution in [0.5, 0.6) is 17.2 Å². The fourth-order valence-electron chi connectivity index (χ4n) is 7.63. The molecule has 0 radical (unpaired) electrons. The van der Waals surface area contributed by atoms with Crippen LogP contribution >= 0.6 is 7.14 Å². The molecule has 2 aromatic heterocycles. The molecule has 0 bridgehead atoms. The van der Waals surface area contributed by atoms with E-state index in [1.165, 1.54) is 30.1 Å². The van der Waals surface area contributed by atoms with Gasteiger partial charge in [0.15, 0.2) is 11.6 Å². The monoisotopic (exact) mass is 648 g/mol. The molecule has 46 heavy (non-hydrogen) atoms. The summed E-state index contributed by atoms with van der Waals surface area (Å²) in [6.45, 7) is 9.12. The molecule has 1 saturated carbocycles. The zero-order valence-corrected chi connectivity index (χ0v) is 27.6. The van der Waals surface area contributed by atoms with E-state index >= 15 is 0 Å². The van der Waals surface area contributed by atoms with E-state index in [1.54, 1.807) is 11.1 Å². The Bertz CT molecular complexity index is 1660. The van der Waals surface area contributed by atoms with Gasteiger partial charge >= 0.3 is 0 Å². The maximum absolute atomic E-state index is 14.6. The summed E-state index contributed by atoms with van der Waals surface area (Å²) in [6.07, 6.45) is 10.5. The number of rotatable bonds is 8. The lowest BCUT2D eigenvalue weighted by atomic mass is 9.61.